The minimum atomic E-state index is -0.0336. The molecule has 0 saturated carbocycles. The first kappa shape index (κ1) is 13.7. The zero-order chi connectivity index (χ0) is 14.7. The van der Waals surface area contributed by atoms with E-state index in [0.717, 1.165) is 11.3 Å². The molecule has 0 aromatic heterocycles. The number of nitrogens with two attached hydrogens (primary N) is 1. The van der Waals surface area contributed by atoms with Crippen molar-refractivity contribution in [2.45, 2.75) is 19.6 Å². The number of benzene rings is 3. The molecule has 0 amide bonds. The third-order valence-corrected chi connectivity index (χ3v) is 3.67. The molecule has 2 heteroatoms. The summed E-state index contributed by atoms with van der Waals surface area (Å²) in [6.45, 7) is 2.52. The smallest absolute Gasteiger partial charge is 0.124 e. The van der Waals surface area contributed by atoms with E-state index in [1.807, 2.05) is 31.2 Å². The summed E-state index contributed by atoms with van der Waals surface area (Å²) < 4.78 is 6.01. The third kappa shape index (κ3) is 2.91. The van der Waals surface area contributed by atoms with Crippen LogP contribution in [0, 0.1) is 0 Å². The summed E-state index contributed by atoms with van der Waals surface area (Å²) in [5.74, 6) is 0.862. The average molecular weight is 277 g/mol. The first-order valence-electron chi connectivity index (χ1n) is 7.19. The van der Waals surface area contributed by atoms with Gasteiger partial charge < -0.3 is 10.5 Å². The van der Waals surface area contributed by atoms with Gasteiger partial charge in [-0.1, -0.05) is 60.7 Å². The average Bonchev–Trinajstić information content (AvgIpc) is 2.53. The van der Waals surface area contributed by atoms with Crippen molar-refractivity contribution in [3.05, 3.63) is 77.9 Å². The van der Waals surface area contributed by atoms with Crippen molar-refractivity contribution < 1.29 is 4.74 Å². The molecule has 3 rings (SSSR count). The maximum Gasteiger partial charge on any atom is 0.124 e. The molecule has 0 unspecified atom stereocenters. The van der Waals surface area contributed by atoms with E-state index in [-0.39, 0.29) is 6.04 Å². The summed E-state index contributed by atoms with van der Waals surface area (Å²) >= 11 is 0. The largest absolute Gasteiger partial charge is 0.489 e. The summed E-state index contributed by atoms with van der Waals surface area (Å²) in [5, 5.41) is 2.47. The van der Waals surface area contributed by atoms with Crippen LogP contribution < -0.4 is 10.5 Å². The Kier molecular flexibility index (Phi) is 3.89. The SMILES string of the molecule is C[C@@H](N)c1ccccc1OCc1cccc2ccccc12. The van der Waals surface area contributed by atoms with Crippen LogP contribution in [0.4, 0.5) is 0 Å². The predicted octanol–water partition coefficient (Wildman–Crippen LogP) is 4.44. The van der Waals surface area contributed by atoms with Crippen LogP contribution >= 0.6 is 0 Å². The molecule has 0 aliphatic carbocycles. The van der Waals surface area contributed by atoms with E-state index in [1.54, 1.807) is 0 Å². The van der Waals surface area contributed by atoms with E-state index >= 15 is 0 Å². The van der Waals surface area contributed by atoms with Crippen LogP contribution in [-0.2, 0) is 6.61 Å². The molecule has 0 bridgehead atoms. The quantitative estimate of drug-likeness (QED) is 0.765. The molecule has 0 heterocycles. The lowest BCUT2D eigenvalue weighted by atomic mass is 10.1. The van der Waals surface area contributed by atoms with Crippen molar-refractivity contribution in [2.24, 2.45) is 5.73 Å². The van der Waals surface area contributed by atoms with Crippen LogP contribution in [0.3, 0.4) is 0 Å². The molecule has 106 valence electrons. The van der Waals surface area contributed by atoms with Gasteiger partial charge in [-0.15, -0.1) is 0 Å². The van der Waals surface area contributed by atoms with E-state index in [0.29, 0.717) is 6.61 Å². The summed E-state index contributed by atoms with van der Waals surface area (Å²) in [4.78, 5) is 0. The van der Waals surface area contributed by atoms with Gasteiger partial charge in [-0.2, -0.15) is 0 Å². The molecule has 2 nitrogen and oxygen atoms in total. The molecule has 0 spiro atoms. The van der Waals surface area contributed by atoms with E-state index in [4.69, 9.17) is 10.5 Å². The molecular weight excluding hydrogens is 258 g/mol. The van der Waals surface area contributed by atoms with Gasteiger partial charge >= 0.3 is 0 Å². The fraction of sp³-hybridized carbons (Fsp3) is 0.158. The number of fused-ring (bicyclic) bond motifs is 1. The van der Waals surface area contributed by atoms with Gasteiger partial charge in [0, 0.05) is 11.6 Å². The molecule has 0 fully saturated rings. The highest BCUT2D eigenvalue weighted by Gasteiger charge is 2.08. The molecule has 0 aliphatic rings. The van der Waals surface area contributed by atoms with E-state index < -0.39 is 0 Å². The standard InChI is InChI=1S/C19H19NO/c1-14(20)17-10-4-5-12-19(17)21-13-16-9-6-8-15-7-2-3-11-18(15)16/h2-12,14H,13,20H2,1H3/t14-/m1/s1. The van der Waals surface area contributed by atoms with Crippen LogP contribution in [0.25, 0.3) is 10.8 Å². The van der Waals surface area contributed by atoms with Crippen molar-refractivity contribution >= 4 is 10.8 Å². The Morgan fingerprint density at radius 1 is 0.905 bits per heavy atom. The fourth-order valence-corrected chi connectivity index (χ4v) is 2.56. The zero-order valence-electron chi connectivity index (χ0n) is 12.1. The van der Waals surface area contributed by atoms with Gasteiger partial charge in [-0.3, -0.25) is 0 Å². The first-order chi connectivity index (χ1) is 10.3. The van der Waals surface area contributed by atoms with Crippen molar-refractivity contribution in [3.8, 4) is 5.75 Å². The Morgan fingerprint density at radius 3 is 2.48 bits per heavy atom. The zero-order valence-corrected chi connectivity index (χ0v) is 12.1. The van der Waals surface area contributed by atoms with E-state index in [1.165, 1.54) is 16.3 Å². The molecule has 3 aromatic carbocycles. The number of hydrogen-bond acceptors (Lipinski definition) is 2. The van der Waals surface area contributed by atoms with Crippen molar-refractivity contribution in [2.75, 3.05) is 0 Å². The Labute approximate surface area is 125 Å². The number of rotatable bonds is 4. The van der Waals surface area contributed by atoms with E-state index in [2.05, 4.69) is 42.5 Å². The molecule has 0 radical (unpaired) electrons. The Balaban J connectivity index is 1.87. The summed E-state index contributed by atoms with van der Waals surface area (Å²) in [6.07, 6.45) is 0. The summed E-state index contributed by atoms with van der Waals surface area (Å²) in [6, 6.07) is 22.6. The van der Waals surface area contributed by atoms with Crippen LogP contribution in [0.1, 0.15) is 24.1 Å². The molecule has 2 N–H and O–H groups in total. The summed E-state index contributed by atoms with van der Waals surface area (Å²) in [5.41, 5.74) is 8.22. The Bertz CT molecular complexity index is 744. The molecule has 1 atom stereocenters. The minimum absolute atomic E-state index is 0.0336. The van der Waals surface area contributed by atoms with Gasteiger partial charge in [0.25, 0.3) is 0 Å². The highest BCUT2D eigenvalue weighted by molar-refractivity contribution is 5.85. The van der Waals surface area contributed by atoms with Gasteiger partial charge in [0.15, 0.2) is 0 Å². The van der Waals surface area contributed by atoms with Crippen LogP contribution in [0.2, 0.25) is 0 Å². The van der Waals surface area contributed by atoms with E-state index in [9.17, 15) is 0 Å². The molecular formula is C19H19NO. The highest BCUT2D eigenvalue weighted by Crippen LogP contribution is 2.25. The lowest BCUT2D eigenvalue weighted by Gasteiger charge is -2.14. The molecule has 0 saturated heterocycles. The maximum atomic E-state index is 6.01. The molecule has 21 heavy (non-hydrogen) atoms. The van der Waals surface area contributed by atoms with Crippen molar-refractivity contribution in [3.63, 3.8) is 0 Å². The lowest BCUT2D eigenvalue weighted by Crippen LogP contribution is -2.08. The van der Waals surface area contributed by atoms with Crippen molar-refractivity contribution in [1.82, 2.24) is 0 Å². The maximum absolute atomic E-state index is 6.01. The van der Waals surface area contributed by atoms with Crippen LogP contribution in [0.15, 0.2) is 66.7 Å². The Hall–Kier alpha value is -2.32. The third-order valence-electron chi connectivity index (χ3n) is 3.67. The van der Waals surface area contributed by atoms with Gasteiger partial charge in [0.1, 0.15) is 12.4 Å². The number of hydrogen-bond donors (Lipinski definition) is 1. The normalized spacial score (nSPS) is 12.3. The Morgan fingerprint density at radius 2 is 1.62 bits per heavy atom. The van der Waals surface area contributed by atoms with Crippen molar-refractivity contribution in [1.29, 1.82) is 0 Å². The molecule has 3 aromatic rings. The van der Waals surface area contributed by atoms with Gasteiger partial charge in [0.2, 0.25) is 0 Å². The van der Waals surface area contributed by atoms with Gasteiger partial charge in [-0.05, 0) is 29.3 Å². The minimum Gasteiger partial charge on any atom is -0.489 e. The number of para-hydroxylation sites is 1. The highest BCUT2D eigenvalue weighted by atomic mass is 16.5. The summed E-state index contributed by atoms with van der Waals surface area (Å²) in [7, 11) is 0. The van der Waals surface area contributed by atoms with Gasteiger partial charge in [0.05, 0.1) is 0 Å². The lowest BCUT2D eigenvalue weighted by molar-refractivity contribution is 0.303. The second kappa shape index (κ2) is 5.98. The molecule has 0 aliphatic heterocycles. The fourth-order valence-electron chi connectivity index (χ4n) is 2.56. The monoisotopic (exact) mass is 277 g/mol. The van der Waals surface area contributed by atoms with Gasteiger partial charge in [-0.25, -0.2) is 0 Å². The van der Waals surface area contributed by atoms with Crippen LogP contribution in [0.5, 0.6) is 5.75 Å². The van der Waals surface area contributed by atoms with Crippen LogP contribution in [-0.4, -0.2) is 0 Å². The topological polar surface area (TPSA) is 35.2 Å². The predicted molar refractivity (Wildman–Crippen MR) is 87.3 cm³/mol. The second-order valence-corrected chi connectivity index (χ2v) is 5.25. The second-order valence-electron chi connectivity index (χ2n) is 5.25. The first-order valence-corrected chi connectivity index (χ1v) is 7.19. The number of ether oxygens (including phenoxy) is 1.